The molecule has 9 heavy (non-hydrogen) atoms. The first-order valence-corrected chi connectivity index (χ1v) is 2.64. The van der Waals surface area contributed by atoms with Gasteiger partial charge in [0.05, 0.1) is 6.26 Å². The van der Waals surface area contributed by atoms with Crippen molar-refractivity contribution in [3.8, 4) is 0 Å². The Labute approximate surface area is 53.5 Å². The van der Waals surface area contributed by atoms with Crippen LogP contribution >= 0.6 is 0 Å². The Morgan fingerprint density at radius 2 is 2.00 bits per heavy atom. The first-order chi connectivity index (χ1) is 4.43. The molecule has 2 heteroatoms. The Morgan fingerprint density at radius 3 is 2.56 bits per heavy atom. The summed E-state index contributed by atoms with van der Waals surface area (Å²) in [6.07, 6.45) is 5.96. The summed E-state index contributed by atoms with van der Waals surface area (Å²) in [5.74, 6) is 0. The SMILES string of the molecule is OC=Cc1ccncc1. The summed E-state index contributed by atoms with van der Waals surface area (Å²) in [4.78, 5) is 3.81. The van der Waals surface area contributed by atoms with Crippen LogP contribution in [0.5, 0.6) is 0 Å². The normalized spacial score (nSPS) is 10.2. The number of nitrogens with zero attached hydrogens (tertiary/aromatic N) is 1. The highest BCUT2D eigenvalue weighted by Crippen LogP contribution is 1.96. The number of aliphatic hydroxyl groups excluding tert-OH is 1. The second-order valence-electron chi connectivity index (χ2n) is 1.60. The lowest BCUT2D eigenvalue weighted by atomic mass is 10.3. The molecule has 0 bridgehead atoms. The Hall–Kier alpha value is -1.31. The average Bonchev–Trinajstić information content (AvgIpc) is 1.91. The van der Waals surface area contributed by atoms with Gasteiger partial charge in [0.15, 0.2) is 0 Å². The molecule has 1 aromatic heterocycles. The van der Waals surface area contributed by atoms with Crippen molar-refractivity contribution in [2.75, 3.05) is 0 Å². The summed E-state index contributed by atoms with van der Waals surface area (Å²) < 4.78 is 0. The third-order valence-corrected chi connectivity index (χ3v) is 0.973. The van der Waals surface area contributed by atoms with Gasteiger partial charge in [-0.3, -0.25) is 4.98 Å². The number of pyridine rings is 1. The van der Waals surface area contributed by atoms with Gasteiger partial charge in [-0.15, -0.1) is 0 Å². The molecule has 0 aliphatic rings. The summed E-state index contributed by atoms with van der Waals surface area (Å²) in [6, 6.07) is 3.62. The molecule has 1 aromatic rings. The van der Waals surface area contributed by atoms with Crippen molar-refractivity contribution in [2.45, 2.75) is 0 Å². The smallest absolute Gasteiger partial charge is 0.0797 e. The van der Waals surface area contributed by atoms with E-state index in [1.54, 1.807) is 18.5 Å². The highest BCUT2D eigenvalue weighted by molar-refractivity contribution is 5.46. The van der Waals surface area contributed by atoms with Crippen molar-refractivity contribution in [3.05, 3.63) is 36.4 Å². The molecule has 1 N–H and O–H groups in total. The van der Waals surface area contributed by atoms with E-state index in [1.165, 1.54) is 0 Å². The van der Waals surface area contributed by atoms with Gasteiger partial charge in [-0.1, -0.05) is 0 Å². The van der Waals surface area contributed by atoms with Crippen LogP contribution in [0.25, 0.3) is 6.08 Å². The molecular weight excluding hydrogens is 114 g/mol. The maximum Gasteiger partial charge on any atom is 0.0797 e. The minimum atomic E-state index is 0.951. The molecule has 0 aromatic carbocycles. The van der Waals surface area contributed by atoms with Gasteiger partial charge in [0.25, 0.3) is 0 Å². The van der Waals surface area contributed by atoms with E-state index in [0.29, 0.717) is 0 Å². The monoisotopic (exact) mass is 121 g/mol. The minimum Gasteiger partial charge on any atom is -0.516 e. The van der Waals surface area contributed by atoms with Gasteiger partial charge in [-0.25, -0.2) is 0 Å². The van der Waals surface area contributed by atoms with Crippen LogP contribution in [0.2, 0.25) is 0 Å². The fourth-order valence-electron chi connectivity index (χ4n) is 0.561. The molecule has 0 amide bonds. The van der Waals surface area contributed by atoms with Crippen LogP contribution in [0.3, 0.4) is 0 Å². The maximum atomic E-state index is 8.32. The molecule has 0 aliphatic carbocycles. The summed E-state index contributed by atoms with van der Waals surface area (Å²) in [5, 5.41) is 8.32. The fraction of sp³-hybridized carbons (Fsp3) is 0. The molecule has 0 spiro atoms. The third kappa shape index (κ3) is 1.57. The summed E-state index contributed by atoms with van der Waals surface area (Å²) in [7, 11) is 0. The maximum absolute atomic E-state index is 8.32. The predicted octanol–water partition coefficient (Wildman–Crippen LogP) is 1.61. The van der Waals surface area contributed by atoms with Crippen molar-refractivity contribution >= 4 is 6.08 Å². The first-order valence-electron chi connectivity index (χ1n) is 2.64. The van der Waals surface area contributed by atoms with Gasteiger partial charge in [0.2, 0.25) is 0 Å². The molecule has 0 unspecified atom stereocenters. The van der Waals surface area contributed by atoms with Gasteiger partial charge >= 0.3 is 0 Å². The molecular formula is C7H7NO. The molecule has 2 nitrogen and oxygen atoms in total. The molecule has 0 fully saturated rings. The van der Waals surface area contributed by atoms with Crippen LogP contribution in [-0.4, -0.2) is 10.1 Å². The summed E-state index contributed by atoms with van der Waals surface area (Å²) in [5.41, 5.74) is 0.951. The lowest BCUT2D eigenvalue weighted by Gasteiger charge is -1.85. The van der Waals surface area contributed by atoms with Crippen LogP contribution in [0.4, 0.5) is 0 Å². The quantitative estimate of drug-likeness (QED) is 0.572. The molecule has 0 saturated carbocycles. The zero-order valence-corrected chi connectivity index (χ0v) is 4.86. The van der Waals surface area contributed by atoms with E-state index in [2.05, 4.69) is 4.98 Å². The van der Waals surface area contributed by atoms with E-state index in [0.717, 1.165) is 11.8 Å². The highest BCUT2D eigenvalue weighted by Gasteiger charge is 1.79. The van der Waals surface area contributed by atoms with Crippen LogP contribution in [-0.2, 0) is 0 Å². The van der Waals surface area contributed by atoms with Gasteiger partial charge in [-0.05, 0) is 23.8 Å². The van der Waals surface area contributed by atoms with Crippen molar-refractivity contribution < 1.29 is 5.11 Å². The number of aliphatic hydroxyl groups is 1. The van der Waals surface area contributed by atoms with Crippen molar-refractivity contribution in [3.63, 3.8) is 0 Å². The van der Waals surface area contributed by atoms with Crippen LogP contribution in [0.15, 0.2) is 30.8 Å². The summed E-state index contributed by atoms with van der Waals surface area (Å²) >= 11 is 0. The fourth-order valence-corrected chi connectivity index (χ4v) is 0.561. The minimum absolute atomic E-state index is 0.951. The third-order valence-electron chi connectivity index (χ3n) is 0.973. The Bertz CT molecular complexity index is 193. The number of hydrogen-bond acceptors (Lipinski definition) is 2. The number of hydrogen-bond donors (Lipinski definition) is 1. The summed E-state index contributed by atoms with van der Waals surface area (Å²) in [6.45, 7) is 0. The molecule has 1 heterocycles. The number of aromatic nitrogens is 1. The molecule has 0 atom stereocenters. The molecule has 46 valence electrons. The van der Waals surface area contributed by atoms with Crippen LogP contribution < -0.4 is 0 Å². The average molecular weight is 121 g/mol. The standard InChI is InChI=1S/C7H7NO/c9-6-3-7-1-4-8-5-2-7/h1-6,9H. The Kier molecular flexibility index (Phi) is 1.85. The van der Waals surface area contributed by atoms with E-state index in [9.17, 15) is 0 Å². The van der Waals surface area contributed by atoms with Crippen molar-refractivity contribution in [2.24, 2.45) is 0 Å². The molecule has 1 rings (SSSR count). The largest absolute Gasteiger partial charge is 0.516 e. The van der Waals surface area contributed by atoms with E-state index in [-0.39, 0.29) is 0 Å². The first kappa shape index (κ1) is 5.82. The topological polar surface area (TPSA) is 33.1 Å². The van der Waals surface area contributed by atoms with Crippen molar-refractivity contribution in [1.82, 2.24) is 4.98 Å². The lowest BCUT2D eigenvalue weighted by Crippen LogP contribution is -1.70. The Balaban J connectivity index is 2.85. The molecule has 0 saturated heterocycles. The Morgan fingerprint density at radius 1 is 1.33 bits per heavy atom. The van der Waals surface area contributed by atoms with Crippen LogP contribution in [0.1, 0.15) is 5.56 Å². The van der Waals surface area contributed by atoms with Gasteiger partial charge in [0, 0.05) is 12.4 Å². The lowest BCUT2D eigenvalue weighted by molar-refractivity contribution is 0.478. The predicted molar refractivity (Wildman–Crippen MR) is 35.9 cm³/mol. The van der Waals surface area contributed by atoms with Crippen molar-refractivity contribution in [1.29, 1.82) is 0 Å². The van der Waals surface area contributed by atoms with Gasteiger partial charge in [0.1, 0.15) is 0 Å². The van der Waals surface area contributed by atoms with E-state index < -0.39 is 0 Å². The van der Waals surface area contributed by atoms with Gasteiger partial charge < -0.3 is 5.11 Å². The van der Waals surface area contributed by atoms with E-state index >= 15 is 0 Å². The number of rotatable bonds is 1. The van der Waals surface area contributed by atoms with E-state index in [4.69, 9.17) is 5.11 Å². The van der Waals surface area contributed by atoms with Gasteiger partial charge in [-0.2, -0.15) is 0 Å². The second-order valence-corrected chi connectivity index (χ2v) is 1.60. The highest BCUT2D eigenvalue weighted by atomic mass is 16.2. The van der Waals surface area contributed by atoms with E-state index in [1.807, 2.05) is 12.1 Å². The molecule has 0 aliphatic heterocycles. The molecule has 0 radical (unpaired) electrons. The zero-order valence-electron chi connectivity index (χ0n) is 4.86. The van der Waals surface area contributed by atoms with Crippen LogP contribution in [0, 0.1) is 0 Å². The zero-order chi connectivity index (χ0) is 6.53. The second kappa shape index (κ2) is 2.87.